The molecule has 26 heavy (non-hydrogen) atoms. The second-order valence-electron chi connectivity index (χ2n) is 7.97. The number of aromatic nitrogens is 2. The van der Waals surface area contributed by atoms with Gasteiger partial charge in [0.05, 0.1) is 12.2 Å². The minimum absolute atomic E-state index is 0.284. The van der Waals surface area contributed by atoms with E-state index in [0.717, 1.165) is 37.2 Å². The van der Waals surface area contributed by atoms with Crippen molar-refractivity contribution < 1.29 is 9.53 Å². The quantitative estimate of drug-likeness (QED) is 0.697. The standard InChI is InChI=1S/C20H28BrN3O2/c1-5-10-24(19(25)26-20(2,3)4)12-17-22-16-9-6-13-11-14(21)7-8-15(13)18(16)23-17/h8,11,14H,5-7,9-10,12H2,1-4H3,(H,22,23). The predicted molar refractivity (Wildman–Crippen MR) is 107 cm³/mol. The van der Waals surface area contributed by atoms with Gasteiger partial charge in [-0.05, 0) is 52.0 Å². The summed E-state index contributed by atoms with van der Waals surface area (Å²) in [5.41, 5.74) is 4.36. The highest BCUT2D eigenvalue weighted by Gasteiger charge is 2.27. The largest absolute Gasteiger partial charge is 0.444 e. The Hall–Kier alpha value is -1.56. The summed E-state index contributed by atoms with van der Waals surface area (Å²) in [6, 6.07) is 0. The van der Waals surface area contributed by atoms with Gasteiger partial charge in [-0.15, -0.1) is 0 Å². The number of fused-ring (bicyclic) bond motifs is 3. The number of hydrogen-bond donors (Lipinski definition) is 1. The van der Waals surface area contributed by atoms with Gasteiger partial charge < -0.3 is 14.6 Å². The van der Waals surface area contributed by atoms with E-state index in [-0.39, 0.29) is 6.09 Å². The summed E-state index contributed by atoms with van der Waals surface area (Å²) in [6.07, 6.45) is 8.16. The molecule has 0 aliphatic heterocycles. The molecule has 6 heteroatoms. The Morgan fingerprint density at radius 3 is 2.88 bits per heavy atom. The highest BCUT2D eigenvalue weighted by atomic mass is 79.9. The van der Waals surface area contributed by atoms with Crippen LogP contribution in [0.4, 0.5) is 4.79 Å². The zero-order valence-electron chi connectivity index (χ0n) is 16.1. The monoisotopic (exact) mass is 421 g/mol. The van der Waals surface area contributed by atoms with Crippen LogP contribution in [0.3, 0.4) is 0 Å². The van der Waals surface area contributed by atoms with Crippen LogP contribution in [-0.2, 0) is 17.7 Å². The molecule has 0 bridgehead atoms. The number of ether oxygens (including phenoxy) is 1. The van der Waals surface area contributed by atoms with Gasteiger partial charge in [-0.2, -0.15) is 0 Å². The van der Waals surface area contributed by atoms with Gasteiger partial charge in [0.15, 0.2) is 0 Å². The molecule has 142 valence electrons. The molecule has 0 aromatic carbocycles. The number of allylic oxidation sites excluding steroid dienone is 4. The van der Waals surface area contributed by atoms with E-state index in [1.165, 1.54) is 16.8 Å². The van der Waals surface area contributed by atoms with Crippen LogP contribution in [0.25, 0.3) is 5.57 Å². The smallest absolute Gasteiger partial charge is 0.410 e. The van der Waals surface area contributed by atoms with E-state index in [1.807, 2.05) is 20.8 Å². The Labute approximate surface area is 164 Å². The summed E-state index contributed by atoms with van der Waals surface area (Å²) in [6.45, 7) is 8.83. The van der Waals surface area contributed by atoms with Gasteiger partial charge in [-0.1, -0.05) is 35.0 Å². The van der Waals surface area contributed by atoms with Crippen molar-refractivity contribution in [3.8, 4) is 0 Å². The Kier molecular flexibility index (Phi) is 5.61. The van der Waals surface area contributed by atoms with E-state index in [2.05, 4.69) is 40.0 Å². The van der Waals surface area contributed by atoms with Gasteiger partial charge in [-0.25, -0.2) is 9.78 Å². The predicted octanol–water partition coefficient (Wildman–Crippen LogP) is 4.98. The van der Waals surface area contributed by atoms with Gasteiger partial charge in [0.1, 0.15) is 11.4 Å². The van der Waals surface area contributed by atoms with Crippen LogP contribution >= 0.6 is 15.9 Å². The minimum atomic E-state index is -0.496. The lowest BCUT2D eigenvalue weighted by Gasteiger charge is -2.26. The third-order valence-corrected chi connectivity index (χ3v) is 5.13. The summed E-state index contributed by atoms with van der Waals surface area (Å²) in [5.74, 6) is 0.831. The lowest BCUT2D eigenvalue weighted by atomic mass is 9.86. The van der Waals surface area contributed by atoms with Gasteiger partial charge in [0, 0.05) is 22.6 Å². The van der Waals surface area contributed by atoms with Crippen molar-refractivity contribution in [1.82, 2.24) is 14.9 Å². The van der Waals surface area contributed by atoms with E-state index >= 15 is 0 Å². The zero-order valence-corrected chi connectivity index (χ0v) is 17.6. The zero-order chi connectivity index (χ0) is 18.9. The number of nitrogens with one attached hydrogen (secondary N) is 1. The molecule has 0 saturated heterocycles. The minimum Gasteiger partial charge on any atom is -0.444 e. The Morgan fingerprint density at radius 2 is 2.19 bits per heavy atom. The van der Waals surface area contributed by atoms with Crippen LogP contribution in [0.5, 0.6) is 0 Å². The molecule has 0 saturated carbocycles. The molecular formula is C20H28BrN3O2. The summed E-state index contributed by atoms with van der Waals surface area (Å²) in [5, 5.41) is 0. The first kappa shape index (κ1) is 19.2. The number of halogens is 1. The van der Waals surface area contributed by atoms with Crippen molar-refractivity contribution in [1.29, 1.82) is 0 Å². The Bertz CT molecular complexity index is 743. The molecule has 1 N–H and O–H groups in total. The number of aryl methyl sites for hydroxylation is 1. The molecule has 1 atom stereocenters. The Morgan fingerprint density at radius 1 is 1.42 bits per heavy atom. The molecular weight excluding hydrogens is 394 g/mol. The SMILES string of the molecule is CCCN(Cc1nc2c([nH]1)CCC1=CC(Br)CC=C12)C(=O)OC(C)(C)C. The molecule has 5 nitrogen and oxygen atoms in total. The number of amides is 1. The van der Waals surface area contributed by atoms with E-state index in [4.69, 9.17) is 9.72 Å². The maximum Gasteiger partial charge on any atom is 0.410 e. The summed E-state index contributed by atoms with van der Waals surface area (Å²) in [7, 11) is 0. The molecule has 0 fully saturated rings. The second kappa shape index (κ2) is 7.59. The van der Waals surface area contributed by atoms with Crippen molar-refractivity contribution in [2.45, 2.75) is 70.4 Å². The first-order valence-electron chi connectivity index (χ1n) is 9.38. The first-order chi connectivity index (χ1) is 12.3. The normalized spacial score (nSPS) is 19.2. The molecule has 1 heterocycles. The molecule has 0 spiro atoms. The van der Waals surface area contributed by atoms with Crippen LogP contribution in [0.1, 0.15) is 64.2 Å². The Balaban J connectivity index is 1.78. The maximum absolute atomic E-state index is 12.5. The summed E-state index contributed by atoms with van der Waals surface area (Å²) in [4.78, 5) is 22.9. The highest BCUT2D eigenvalue weighted by Crippen LogP contribution is 2.38. The van der Waals surface area contributed by atoms with Crippen LogP contribution in [0, 0.1) is 0 Å². The highest BCUT2D eigenvalue weighted by molar-refractivity contribution is 9.09. The van der Waals surface area contributed by atoms with Crippen molar-refractivity contribution in [3.05, 3.63) is 34.9 Å². The van der Waals surface area contributed by atoms with Crippen molar-refractivity contribution in [2.24, 2.45) is 0 Å². The fourth-order valence-electron chi connectivity index (χ4n) is 3.42. The number of aromatic amines is 1. The lowest BCUT2D eigenvalue weighted by Crippen LogP contribution is -2.37. The second-order valence-corrected chi connectivity index (χ2v) is 9.15. The topological polar surface area (TPSA) is 58.2 Å². The summed E-state index contributed by atoms with van der Waals surface area (Å²) >= 11 is 3.68. The molecule has 1 aromatic heterocycles. The number of imidazole rings is 1. The van der Waals surface area contributed by atoms with E-state index in [9.17, 15) is 4.79 Å². The van der Waals surface area contributed by atoms with E-state index < -0.39 is 5.60 Å². The van der Waals surface area contributed by atoms with E-state index in [0.29, 0.717) is 17.9 Å². The van der Waals surface area contributed by atoms with Crippen LogP contribution in [0.15, 0.2) is 17.7 Å². The third-order valence-electron chi connectivity index (χ3n) is 4.49. The molecule has 2 aliphatic carbocycles. The number of carbonyl (C=O) groups excluding carboxylic acids is 1. The number of rotatable bonds is 4. The van der Waals surface area contributed by atoms with Crippen LogP contribution < -0.4 is 0 Å². The van der Waals surface area contributed by atoms with E-state index in [1.54, 1.807) is 4.90 Å². The van der Waals surface area contributed by atoms with Crippen LogP contribution in [-0.4, -0.2) is 37.9 Å². The fourth-order valence-corrected chi connectivity index (χ4v) is 3.92. The third kappa shape index (κ3) is 4.40. The maximum atomic E-state index is 12.5. The van der Waals surface area contributed by atoms with Gasteiger partial charge in [0.25, 0.3) is 0 Å². The van der Waals surface area contributed by atoms with Gasteiger partial charge in [0.2, 0.25) is 0 Å². The first-order valence-corrected chi connectivity index (χ1v) is 10.3. The lowest BCUT2D eigenvalue weighted by molar-refractivity contribution is 0.0229. The molecule has 0 radical (unpaired) electrons. The number of alkyl halides is 1. The van der Waals surface area contributed by atoms with Gasteiger partial charge >= 0.3 is 6.09 Å². The number of H-pyrrole nitrogens is 1. The molecule has 1 unspecified atom stereocenters. The number of hydrogen-bond acceptors (Lipinski definition) is 3. The average molecular weight is 422 g/mol. The van der Waals surface area contributed by atoms with Gasteiger partial charge in [-0.3, -0.25) is 0 Å². The fraction of sp³-hybridized carbons (Fsp3) is 0.600. The average Bonchev–Trinajstić information content (AvgIpc) is 2.95. The molecule has 3 rings (SSSR count). The number of carbonyl (C=O) groups is 1. The molecule has 1 aromatic rings. The summed E-state index contributed by atoms with van der Waals surface area (Å²) < 4.78 is 5.54. The molecule has 1 amide bonds. The van der Waals surface area contributed by atoms with Crippen molar-refractivity contribution in [2.75, 3.05) is 6.54 Å². The van der Waals surface area contributed by atoms with Crippen molar-refractivity contribution in [3.63, 3.8) is 0 Å². The van der Waals surface area contributed by atoms with Crippen LogP contribution in [0.2, 0.25) is 0 Å². The van der Waals surface area contributed by atoms with Crippen molar-refractivity contribution >= 4 is 27.6 Å². The molecule has 2 aliphatic rings. The number of nitrogens with zero attached hydrogens (tertiary/aromatic N) is 2.